The van der Waals surface area contributed by atoms with Crippen molar-refractivity contribution < 1.29 is 0 Å². The second kappa shape index (κ2) is 5.27. The number of aryl methyl sites for hydroxylation is 2. The quantitative estimate of drug-likeness (QED) is 0.821. The van der Waals surface area contributed by atoms with Crippen molar-refractivity contribution in [2.75, 3.05) is 36.0 Å². The highest BCUT2D eigenvalue weighted by molar-refractivity contribution is 5.45. The molecular weight excluding hydrogens is 264 g/mol. The van der Waals surface area contributed by atoms with Crippen molar-refractivity contribution in [1.82, 2.24) is 20.2 Å². The first-order chi connectivity index (χ1) is 10.4. The average Bonchev–Trinajstić information content (AvgIpc) is 3.03. The first-order valence-corrected chi connectivity index (χ1v) is 7.52. The van der Waals surface area contributed by atoms with E-state index in [1.54, 1.807) is 12.4 Å². The van der Waals surface area contributed by atoms with Crippen LogP contribution in [0.2, 0.25) is 0 Å². The molecule has 0 bridgehead atoms. The Hall–Kier alpha value is -2.24. The van der Waals surface area contributed by atoms with Gasteiger partial charge in [0.15, 0.2) is 5.82 Å². The maximum atomic E-state index is 4.40. The SMILES string of the molecule is c1cnc(N2CCN(c3cc4c(nn3)CCC4)CC2)nc1. The van der Waals surface area contributed by atoms with Crippen LogP contribution < -0.4 is 9.80 Å². The summed E-state index contributed by atoms with van der Waals surface area (Å²) in [5.41, 5.74) is 2.57. The zero-order chi connectivity index (χ0) is 14.1. The molecule has 0 N–H and O–H groups in total. The van der Waals surface area contributed by atoms with Crippen molar-refractivity contribution in [2.45, 2.75) is 19.3 Å². The van der Waals surface area contributed by atoms with Crippen LogP contribution in [-0.4, -0.2) is 46.3 Å². The van der Waals surface area contributed by atoms with Crippen LogP contribution in [0, 0.1) is 0 Å². The van der Waals surface area contributed by atoms with Crippen LogP contribution in [0.1, 0.15) is 17.7 Å². The molecule has 6 nitrogen and oxygen atoms in total. The highest BCUT2D eigenvalue weighted by Gasteiger charge is 2.21. The van der Waals surface area contributed by atoms with Gasteiger partial charge >= 0.3 is 0 Å². The molecule has 1 aliphatic heterocycles. The summed E-state index contributed by atoms with van der Waals surface area (Å²) >= 11 is 0. The van der Waals surface area contributed by atoms with Crippen molar-refractivity contribution in [3.63, 3.8) is 0 Å². The molecule has 2 aromatic rings. The van der Waals surface area contributed by atoms with Crippen molar-refractivity contribution in [2.24, 2.45) is 0 Å². The molecule has 3 heterocycles. The lowest BCUT2D eigenvalue weighted by molar-refractivity contribution is 0.630. The molecule has 0 radical (unpaired) electrons. The Balaban J connectivity index is 1.45. The number of fused-ring (bicyclic) bond motifs is 1. The molecular formula is C15H18N6. The number of nitrogens with zero attached hydrogens (tertiary/aromatic N) is 6. The monoisotopic (exact) mass is 282 g/mol. The largest absolute Gasteiger partial charge is 0.352 e. The van der Waals surface area contributed by atoms with E-state index in [1.165, 1.54) is 17.7 Å². The lowest BCUT2D eigenvalue weighted by Gasteiger charge is -2.35. The minimum Gasteiger partial charge on any atom is -0.352 e. The topological polar surface area (TPSA) is 58.0 Å². The van der Waals surface area contributed by atoms with Crippen LogP contribution in [0.3, 0.4) is 0 Å². The molecule has 0 spiro atoms. The summed E-state index contributed by atoms with van der Waals surface area (Å²) in [6.07, 6.45) is 7.03. The van der Waals surface area contributed by atoms with Crippen LogP contribution in [-0.2, 0) is 12.8 Å². The van der Waals surface area contributed by atoms with Crippen LogP contribution in [0.4, 0.5) is 11.8 Å². The van der Waals surface area contributed by atoms with Gasteiger partial charge in [-0.15, -0.1) is 5.10 Å². The minimum atomic E-state index is 0.817. The van der Waals surface area contributed by atoms with Gasteiger partial charge in [-0.3, -0.25) is 0 Å². The molecule has 0 aromatic carbocycles. The molecule has 6 heteroatoms. The summed E-state index contributed by atoms with van der Waals surface area (Å²) in [6.45, 7) is 3.71. The number of piperazine rings is 1. The molecule has 0 atom stereocenters. The van der Waals surface area contributed by atoms with Gasteiger partial charge in [0.05, 0.1) is 5.69 Å². The second-order valence-corrected chi connectivity index (χ2v) is 5.55. The third-order valence-electron chi connectivity index (χ3n) is 4.25. The molecule has 0 saturated carbocycles. The Labute approximate surface area is 123 Å². The molecule has 4 rings (SSSR count). The Morgan fingerprint density at radius 1 is 0.857 bits per heavy atom. The molecule has 2 aromatic heterocycles. The molecule has 108 valence electrons. The lowest BCUT2D eigenvalue weighted by atomic mass is 10.2. The molecule has 1 saturated heterocycles. The predicted molar refractivity (Wildman–Crippen MR) is 80.5 cm³/mol. The Kier molecular flexibility index (Phi) is 3.14. The molecule has 2 aliphatic rings. The third-order valence-corrected chi connectivity index (χ3v) is 4.25. The zero-order valence-corrected chi connectivity index (χ0v) is 11.9. The van der Waals surface area contributed by atoms with Gasteiger partial charge < -0.3 is 9.80 Å². The predicted octanol–water partition coefficient (Wildman–Crippen LogP) is 1.08. The summed E-state index contributed by atoms with van der Waals surface area (Å²) in [5.74, 6) is 1.83. The number of anilines is 2. The fourth-order valence-corrected chi connectivity index (χ4v) is 3.06. The van der Waals surface area contributed by atoms with Crippen LogP contribution in [0.5, 0.6) is 0 Å². The highest BCUT2D eigenvalue weighted by atomic mass is 15.3. The van der Waals surface area contributed by atoms with E-state index >= 15 is 0 Å². The second-order valence-electron chi connectivity index (χ2n) is 5.55. The van der Waals surface area contributed by atoms with Gasteiger partial charge in [-0.2, -0.15) is 5.10 Å². The van der Waals surface area contributed by atoms with Gasteiger partial charge in [0, 0.05) is 38.6 Å². The van der Waals surface area contributed by atoms with Crippen molar-refractivity contribution in [3.05, 3.63) is 35.8 Å². The fraction of sp³-hybridized carbons (Fsp3) is 0.467. The molecule has 1 aliphatic carbocycles. The Morgan fingerprint density at radius 3 is 2.43 bits per heavy atom. The summed E-state index contributed by atoms with van der Waals surface area (Å²) in [7, 11) is 0. The van der Waals surface area contributed by atoms with Crippen LogP contribution in [0.25, 0.3) is 0 Å². The maximum absolute atomic E-state index is 4.40. The van der Waals surface area contributed by atoms with E-state index in [0.717, 1.165) is 50.8 Å². The van der Waals surface area contributed by atoms with Gasteiger partial charge in [-0.1, -0.05) is 0 Å². The van der Waals surface area contributed by atoms with Gasteiger partial charge in [-0.25, -0.2) is 9.97 Å². The number of hydrogen-bond donors (Lipinski definition) is 0. The van der Waals surface area contributed by atoms with E-state index in [9.17, 15) is 0 Å². The fourth-order valence-electron chi connectivity index (χ4n) is 3.06. The lowest BCUT2D eigenvalue weighted by Crippen LogP contribution is -2.47. The summed E-state index contributed by atoms with van der Waals surface area (Å²) in [6, 6.07) is 4.07. The van der Waals surface area contributed by atoms with E-state index in [-0.39, 0.29) is 0 Å². The Bertz CT molecular complexity index is 621. The molecule has 1 fully saturated rings. The first-order valence-electron chi connectivity index (χ1n) is 7.52. The summed E-state index contributed by atoms with van der Waals surface area (Å²) in [5, 5.41) is 8.78. The number of rotatable bonds is 2. The average molecular weight is 282 g/mol. The van der Waals surface area contributed by atoms with Gasteiger partial charge in [-0.05, 0) is 37.0 Å². The smallest absolute Gasteiger partial charge is 0.225 e. The van der Waals surface area contributed by atoms with E-state index in [4.69, 9.17) is 0 Å². The maximum Gasteiger partial charge on any atom is 0.225 e. The summed E-state index contributed by atoms with van der Waals surface area (Å²) in [4.78, 5) is 13.2. The van der Waals surface area contributed by atoms with E-state index in [1.807, 2.05) is 6.07 Å². The van der Waals surface area contributed by atoms with Gasteiger partial charge in [0.25, 0.3) is 0 Å². The third kappa shape index (κ3) is 2.41. The van der Waals surface area contributed by atoms with Crippen molar-refractivity contribution in [3.8, 4) is 0 Å². The number of hydrogen-bond acceptors (Lipinski definition) is 6. The molecule has 21 heavy (non-hydrogen) atoms. The van der Waals surface area contributed by atoms with Gasteiger partial charge in [0.1, 0.15) is 0 Å². The van der Waals surface area contributed by atoms with Crippen molar-refractivity contribution >= 4 is 11.8 Å². The van der Waals surface area contributed by atoms with E-state index in [2.05, 4.69) is 36.0 Å². The standard InChI is InChI=1S/C15H18N6/c1-3-12-11-14(19-18-13(12)4-1)20-7-9-21(10-8-20)15-16-5-2-6-17-15/h2,5-6,11H,1,3-4,7-10H2. The highest BCUT2D eigenvalue weighted by Crippen LogP contribution is 2.23. The van der Waals surface area contributed by atoms with Gasteiger partial charge in [0.2, 0.25) is 5.95 Å². The van der Waals surface area contributed by atoms with Crippen LogP contribution in [0.15, 0.2) is 24.5 Å². The normalized spacial score (nSPS) is 17.9. The Morgan fingerprint density at radius 2 is 1.62 bits per heavy atom. The van der Waals surface area contributed by atoms with E-state index in [0.29, 0.717) is 0 Å². The zero-order valence-electron chi connectivity index (χ0n) is 11.9. The first kappa shape index (κ1) is 12.5. The van der Waals surface area contributed by atoms with E-state index < -0.39 is 0 Å². The number of aromatic nitrogens is 4. The van der Waals surface area contributed by atoms with Crippen molar-refractivity contribution in [1.29, 1.82) is 0 Å². The molecule has 0 amide bonds. The minimum absolute atomic E-state index is 0.817. The molecule has 0 unspecified atom stereocenters. The summed E-state index contributed by atoms with van der Waals surface area (Å²) < 4.78 is 0. The van der Waals surface area contributed by atoms with Crippen LogP contribution >= 0.6 is 0 Å².